The molecule has 3 heterocycles. The number of oxime groups is 1. The lowest BCUT2D eigenvalue weighted by Gasteiger charge is -2.49. The second-order valence-corrected chi connectivity index (χ2v) is 8.96. The number of carboxylic acids is 1. The average molecular weight is 496 g/mol. The summed E-state index contributed by atoms with van der Waals surface area (Å²) in [6.07, 6.45) is 1.29. The number of rotatable bonds is 9. The van der Waals surface area contributed by atoms with E-state index in [0.29, 0.717) is 17.1 Å². The summed E-state index contributed by atoms with van der Waals surface area (Å²) in [5.41, 5.74) is 5.80. The van der Waals surface area contributed by atoms with Crippen LogP contribution in [-0.4, -0.2) is 72.4 Å². The van der Waals surface area contributed by atoms with E-state index >= 15 is 0 Å². The number of anilines is 1. The number of carbonyl (C=O) groups excluding carboxylic acids is 2. The van der Waals surface area contributed by atoms with E-state index in [2.05, 4.69) is 19.8 Å². The fraction of sp³-hybridized carbons (Fsp3) is 0.353. The number of allylic oxidation sites excluding steroid dienone is 1. The minimum Gasteiger partial charge on any atom is -0.477 e. The highest BCUT2D eigenvalue weighted by atomic mass is 32.2. The maximum absolute atomic E-state index is 12.8. The van der Waals surface area contributed by atoms with Crippen molar-refractivity contribution in [3.63, 3.8) is 0 Å². The number of nitrogen functional groups attached to an aromatic ring is 1. The van der Waals surface area contributed by atoms with Crippen LogP contribution < -0.4 is 11.1 Å². The summed E-state index contributed by atoms with van der Waals surface area (Å²) in [7, 11) is 0. The zero-order valence-corrected chi connectivity index (χ0v) is 19.0. The molecule has 1 unspecified atom stereocenters. The average Bonchev–Trinajstić information content (AvgIpc) is 3.20. The quantitative estimate of drug-likeness (QED) is 0.186. The predicted molar refractivity (Wildman–Crippen MR) is 119 cm³/mol. The van der Waals surface area contributed by atoms with Crippen molar-refractivity contribution in [3.05, 3.63) is 28.6 Å². The van der Waals surface area contributed by atoms with Gasteiger partial charge in [0.25, 0.3) is 11.8 Å². The van der Waals surface area contributed by atoms with Crippen LogP contribution >= 0.6 is 35.1 Å². The van der Waals surface area contributed by atoms with Gasteiger partial charge in [-0.1, -0.05) is 5.16 Å². The first-order valence-electron chi connectivity index (χ1n) is 9.05. The molecule has 4 N–H and O–H groups in total. The molecule has 0 spiro atoms. The van der Waals surface area contributed by atoms with Gasteiger partial charge in [0.1, 0.15) is 23.7 Å². The highest BCUT2D eigenvalue weighted by molar-refractivity contribution is 8.02. The Hall–Kier alpha value is -3.09. The van der Waals surface area contributed by atoms with E-state index in [4.69, 9.17) is 15.8 Å². The summed E-state index contributed by atoms with van der Waals surface area (Å²) >= 11 is 3.47. The van der Waals surface area contributed by atoms with Gasteiger partial charge < -0.3 is 21.0 Å². The molecule has 2 atom stereocenters. The Morgan fingerprint density at radius 3 is 2.97 bits per heavy atom. The lowest BCUT2D eigenvalue weighted by Crippen LogP contribution is -2.71. The normalized spacial score (nSPS) is 20.6. The number of hydrogen-bond donors (Lipinski definition) is 3. The lowest BCUT2D eigenvalue weighted by molar-refractivity contribution is -0.150. The minimum absolute atomic E-state index is 0.0331. The first-order valence-corrected chi connectivity index (χ1v) is 11.9. The van der Waals surface area contributed by atoms with Gasteiger partial charge in [0.2, 0.25) is 11.5 Å². The maximum atomic E-state index is 12.8. The van der Waals surface area contributed by atoms with Crippen LogP contribution in [0.3, 0.4) is 0 Å². The van der Waals surface area contributed by atoms with Crippen molar-refractivity contribution in [2.45, 2.75) is 18.3 Å². The van der Waals surface area contributed by atoms with Gasteiger partial charge in [-0.05, 0) is 17.9 Å². The molecule has 2 aliphatic rings. The monoisotopic (exact) mass is 495 g/mol. The number of nitrogens with zero attached hydrogens (tertiary/aromatic N) is 5. The fourth-order valence-corrected chi connectivity index (χ4v) is 5.48. The van der Waals surface area contributed by atoms with Gasteiger partial charge in [-0.2, -0.15) is 14.6 Å². The molecule has 168 valence electrons. The van der Waals surface area contributed by atoms with Crippen LogP contribution in [-0.2, 0) is 19.2 Å². The Balaban J connectivity index is 1.76. The van der Waals surface area contributed by atoms with Crippen molar-refractivity contribution >= 4 is 63.7 Å². The van der Waals surface area contributed by atoms with E-state index in [-0.39, 0.29) is 29.0 Å². The summed E-state index contributed by atoms with van der Waals surface area (Å²) in [6, 6.07) is 0.908. The Morgan fingerprint density at radius 2 is 2.34 bits per heavy atom. The van der Waals surface area contributed by atoms with Crippen LogP contribution in [0, 0.1) is 11.3 Å². The first kappa shape index (κ1) is 23.6. The van der Waals surface area contributed by atoms with Crippen LogP contribution in [0.5, 0.6) is 0 Å². The molecule has 0 saturated carbocycles. The number of fused-ring (bicyclic) bond motifs is 1. The van der Waals surface area contributed by atoms with Crippen molar-refractivity contribution in [1.29, 1.82) is 5.26 Å². The van der Waals surface area contributed by atoms with E-state index in [1.165, 1.54) is 34.5 Å². The van der Waals surface area contributed by atoms with Gasteiger partial charge in [0.05, 0.1) is 6.07 Å². The minimum atomic E-state index is -1.23. The third-order valence-electron chi connectivity index (χ3n) is 4.19. The number of nitrogens with one attached hydrogen (secondary N) is 1. The Kier molecular flexibility index (Phi) is 7.72. The van der Waals surface area contributed by atoms with E-state index in [9.17, 15) is 19.5 Å². The van der Waals surface area contributed by atoms with Gasteiger partial charge in [-0.15, -0.1) is 23.5 Å². The first-order chi connectivity index (χ1) is 15.4. The van der Waals surface area contributed by atoms with Crippen LogP contribution in [0.4, 0.5) is 5.13 Å². The Labute approximate surface area is 194 Å². The number of nitrogens with two attached hydrogens (primary N) is 1. The van der Waals surface area contributed by atoms with Gasteiger partial charge in [0, 0.05) is 29.1 Å². The predicted octanol–water partition coefficient (Wildman–Crippen LogP) is 0.370. The molecule has 2 amide bonds. The molecular formula is C17H17N7O5S3. The molecule has 2 aliphatic heterocycles. The summed E-state index contributed by atoms with van der Waals surface area (Å²) in [6.45, 7) is 1.88. The largest absolute Gasteiger partial charge is 0.477 e. The molecule has 1 fully saturated rings. The van der Waals surface area contributed by atoms with Crippen molar-refractivity contribution in [3.8, 4) is 6.07 Å². The number of aliphatic carboxylic acids is 1. The molecule has 1 aromatic rings. The highest BCUT2D eigenvalue weighted by Gasteiger charge is 2.54. The molecule has 0 aromatic carbocycles. The molecule has 1 aromatic heterocycles. The van der Waals surface area contributed by atoms with E-state index in [1.807, 2.05) is 6.07 Å². The van der Waals surface area contributed by atoms with Crippen molar-refractivity contribution in [2.75, 3.05) is 23.8 Å². The van der Waals surface area contributed by atoms with E-state index < -0.39 is 29.2 Å². The number of aromatic nitrogens is 2. The van der Waals surface area contributed by atoms with Crippen molar-refractivity contribution in [2.24, 2.45) is 5.16 Å². The van der Waals surface area contributed by atoms with Gasteiger partial charge in [0.15, 0.2) is 5.13 Å². The highest BCUT2D eigenvalue weighted by Crippen LogP contribution is 2.41. The van der Waals surface area contributed by atoms with Crippen molar-refractivity contribution < 1.29 is 24.3 Å². The van der Waals surface area contributed by atoms with Crippen LogP contribution in [0.2, 0.25) is 0 Å². The summed E-state index contributed by atoms with van der Waals surface area (Å²) in [5.74, 6) is -1.87. The smallest absolute Gasteiger partial charge is 0.352 e. The van der Waals surface area contributed by atoms with Crippen LogP contribution in [0.15, 0.2) is 27.9 Å². The fourth-order valence-electron chi connectivity index (χ4n) is 2.88. The Bertz CT molecular complexity index is 1060. The van der Waals surface area contributed by atoms with Crippen LogP contribution in [0.1, 0.15) is 12.7 Å². The number of carbonyl (C=O) groups is 3. The standard InChI is InChI=1S/C17H17N7O5S3/c1-2-29-22-9(12-21-17(19)32-23-12)13(25)20-10-14(26)24-11(16(27)28)8(7-31-15(10)24)6-30-5-3-4-18/h3,5,10,15H,2,6-7H2,1H3,(H,20,25)(H,27,28)(H2,19,21,23)/b5-3+,22-9+/t10?,15-/m1/s1. The van der Waals surface area contributed by atoms with Crippen LogP contribution in [0.25, 0.3) is 0 Å². The molecule has 1 saturated heterocycles. The molecule has 3 rings (SSSR count). The third-order valence-corrected chi connectivity index (χ3v) is 6.91. The second kappa shape index (κ2) is 10.5. The van der Waals surface area contributed by atoms with Gasteiger partial charge in [-0.3, -0.25) is 14.5 Å². The number of carboxylic acid groups (broad SMARTS) is 1. The molecular weight excluding hydrogens is 478 g/mol. The molecule has 0 bridgehead atoms. The Morgan fingerprint density at radius 1 is 1.56 bits per heavy atom. The van der Waals surface area contributed by atoms with Gasteiger partial charge in [-0.25, -0.2) is 4.79 Å². The van der Waals surface area contributed by atoms with E-state index in [1.54, 1.807) is 12.3 Å². The maximum Gasteiger partial charge on any atom is 0.352 e. The third kappa shape index (κ3) is 4.87. The number of β-lactam (4-membered cyclic amide) rings is 1. The number of thioether (sulfide) groups is 2. The molecule has 12 nitrogen and oxygen atoms in total. The van der Waals surface area contributed by atoms with E-state index in [0.717, 1.165) is 11.5 Å². The second-order valence-electron chi connectivity index (χ2n) is 6.17. The molecule has 32 heavy (non-hydrogen) atoms. The number of hydrogen-bond acceptors (Lipinski definition) is 12. The van der Waals surface area contributed by atoms with Gasteiger partial charge >= 0.3 is 5.97 Å². The SMILES string of the molecule is CCO/N=C(/C(=O)NC1C(=O)N2C(C(=O)O)=C(CS/C=C/C#N)CS[C@H]12)c1nsc(N)n1. The topological polar surface area (TPSA) is 184 Å². The zero-order chi connectivity index (χ0) is 23.3. The molecule has 15 heteroatoms. The zero-order valence-electron chi connectivity index (χ0n) is 16.5. The number of amides is 2. The summed E-state index contributed by atoms with van der Waals surface area (Å²) in [5, 5.41) is 25.6. The lowest BCUT2D eigenvalue weighted by atomic mass is 10.0. The number of nitriles is 1. The summed E-state index contributed by atoms with van der Waals surface area (Å²) < 4.78 is 3.95. The molecule has 0 aliphatic carbocycles. The summed E-state index contributed by atoms with van der Waals surface area (Å²) in [4.78, 5) is 47.4. The molecule has 0 radical (unpaired) electrons. The van der Waals surface area contributed by atoms with Crippen molar-refractivity contribution in [1.82, 2.24) is 19.6 Å².